The second kappa shape index (κ2) is 8.24. The minimum Gasteiger partial charge on any atom is -0.234 e. The van der Waals surface area contributed by atoms with Crippen LogP contribution in [0.25, 0.3) is 55.3 Å². The van der Waals surface area contributed by atoms with Gasteiger partial charge in [0.15, 0.2) is 6.20 Å². The van der Waals surface area contributed by atoms with Crippen molar-refractivity contribution in [2.75, 3.05) is 0 Å². The molecule has 0 aliphatic heterocycles. The lowest BCUT2D eigenvalue weighted by molar-refractivity contribution is -0.659. The molecule has 5 aromatic carbocycles. The molecule has 0 saturated heterocycles. The average molecular weight is 438 g/mol. The van der Waals surface area contributed by atoms with Crippen LogP contribution in [0.3, 0.4) is 0 Å². The summed E-state index contributed by atoms with van der Waals surface area (Å²) in [5, 5.41) is 4.95. The highest BCUT2D eigenvalue weighted by Gasteiger charge is 2.24. The summed E-state index contributed by atoms with van der Waals surface area (Å²) < 4.78 is 2.23. The molecular weight excluding hydrogens is 412 g/mol. The van der Waals surface area contributed by atoms with E-state index in [1.54, 1.807) is 0 Å². The van der Waals surface area contributed by atoms with Crippen molar-refractivity contribution in [3.8, 4) is 33.8 Å². The summed E-state index contributed by atoms with van der Waals surface area (Å²) in [5.74, 6) is 0. The van der Waals surface area contributed by atoms with Crippen LogP contribution in [0.2, 0.25) is 0 Å². The minimum atomic E-state index is 0.966. The van der Waals surface area contributed by atoms with Crippen LogP contribution in [-0.2, 0) is 7.05 Å². The zero-order valence-electron chi connectivity index (χ0n) is 19.4. The summed E-state index contributed by atoms with van der Waals surface area (Å²) in [7, 11) is 2.13. The average Bonchev–Trinajstić information content (AvgIpc) is 2.88. The summed E-state index contributed by atoms with van der Waals surface area (Å²) in [6.07, 6.45) is 2.14. The fourth-order valence-corrected chi connectivity index (χ4v) is 4.83. The lowest BCUT2D eigenvalue weighted by Crippen LogP contribution is -2.32. The fraction of sp³-hybridized carbons (Fsp3) is 0.0625. The number of aromatic nitrogens is 2. The Kier molecular flexibility index (Phi) is 4.92. The molecule has 2 nitrogen and oxygen atoms in total. The molecule has 162 valence electrons. The van der Waals surface area contributed by atoms with Crippen molar-refractivity contribution in [1.82, 2.24) is 4.98 Å². The van der Waals surface area contributed by atoms with Crippen LogP contribution in [0.5, 0.6) is 0 Å². The van der Waals surface area contributed by atoms with E-state index in [0.29, 0.717) is 0 Å². The third-order valence-corrected chi connectivity index (χ3v) is 6.57. The first kappa shape index (κ1) is 20.3. The third-order valence-electron chi connectivity index (χ3n) is 6.57. The van der Waals surface area contributed by atoms with E-state index in [1.165, 1.54) is 32.7 Å². The van der Waals surface area contributed by atoms with E-state index in [-0.39, 0.29) is 0 Å². The van der Waals surface area contributed by atoms with Gasteiger partial charge in [0.1, 0.15) is 18.4 Å². The van der Waals surface area contributed by atoms with Crippen molar-refractivity contribution >= 4 is 21.5 Å². The number of hydrogen-bond acceptors (Lipinski definition) is 1. The minimum absolute atomic E-state index is 0.966. The quantitative estimate of drug-likeness (QED) is 0.262. The molecule has 0 spiro atoms. The molecule has 0 unspecified atom stereocenters. The predicted molar refractivity (Wildman–Crippen MR) is 141 cm³/mol. The second-order valence-corrected chi connectivity index (χ2v) is 8.88. The van der Waals surface area contributed by atoms with Crippen LogP contribution in [0.4, 0.5) is 0 Å². The van der Waals surface area contributed by atoms with Gasteiger partial charge in [0, 0.05) is 11.1 Å². The zero-order valence-corrected chi connectivity index (χ0v) is 19.4. The molecule has 0 N–H and O–H groups in total. The van der Waals surface area contributed by atoms with Gasteiger partial charge in [0.2, 0.25) is 5.69 Å². The maximum Gasteiger partial charge on any atom is 0.239 e. The highest BCUT2D eigenvalue weighted by atomic mass is 15.0. The van der Waals surface area contributed by atoms with Gasteiger partial charge in [-0.05, 0) is 46.2 Å². The highest BCUT2D eigenvalue weighted by Crippen LogP contribution is 2.35. The molecular formula is C32H25N2+. The maximum atomic E-state index is 5.26. The molecule has 0 fully saturated rings. The van der Waals surface area contributed by atoms with Crippen molar-refractivity contribution in [3.05, 3.63) is 121 Å². The summed E-state index contributed by atoms with van der Waals surface area (Å²) in [6, 6.07) is 38.7. The van der Waals surface area contributed by atoms with Crippen LogP contribution in [0, 0.1) is 6.92 Å². The standard InChI is InChI=1S/C32H25N2/c1-22-18-25-13-8-9-15-27(25)20-29(22)32-31(28-17-16-23-10-6-7-14-26(23)19-28)33-30(21-34(32)2)24-11-4-3-5-12-24/h3-21H,1-2H3/q+1. The summed E-state index contributed by atoms with van der Waals surface area (Å²) in [6.45, 7) is 2.19. The maximum absolute atomic E-state index is 5.26. The Labute approximate surface area is 199 Å². The molecule has 0 saturated carbocycles. The molecule has 34 heavy (non-hydrogen) atoms. The first-order valence-corrected chi connectivity index (χ1v) is 11.6. The van der Waals surface area contributed by atoms with Gasteiger partial charge in [-0.15, -0.1) is 0 Å². The first-order chi connectivity index (χ1) is 16.7. The molecule has 0 bridgehead atoms. The largest absolute Gasteiger partial charge is 0.239 e. The van der Waals surface area contributed by atoms with E-state index < -0.39 is 0 Å². The number of nitrogens with zero attached hydrogens (tertiary/aromatic N) is 2. The van der Waals surface area contributed by atoms with Gasteiger partial charge >= 0.3 is 0 Å². The fourth-order valence-electron chi connectivity index (χ4n) is 4.83. The van der Waals surface area contributed by atoms with Crippen LogP contribution >= 0.6 is 0 Å². The monoisotopic (exact) mass is 437 g/mol. The van der Waals surface area contributed by atoms with Crippen LogP contribution < -0.4 is 4.57 Å². The molecule has 6 rings (SSSR count). The smallest absolute Gasteiger partial charge is 0.234 e. The molecule has 0 atom stereocenters. The zero-order chi connectivity index (χ0) is 23.1. The van der Waals surface area contributed by atoms with E-state index in [2.05, 4.69) is 128 Å². The third kappa shape index (κ3) is 3.54. The molecule has 0 aliphatic rings. The van der Waals surface area contributed by atoms with Gasteiger partial charge in [0.05, 0.1) is 5.56 Å². The summed E-state index contributed by atoms with van der Waals surface area (Å²) in [4.78, 5) is 5.26. The van der Waals surface area contributed by atoms with Gasteiger partial charge in [-0.2, -0.15) is 4.57 Å². The van der Waals surface area contributed by atoms with Crippen LogP contribution in [0.15, 0.2) is 115 Å². The SMILES string of the molecule is Cc1cc2ccccc2cc1-c1c(-c2ccc3ccccc3c2)nc(-c2ccccc2)c[n+]1C. The van der Waals surface area contributed by atoms with Gasteiger partial charge in [-0.25, -0.2) is 4.98 Å². The van der Waals surface area contributed by atoms with Crippen LogP contribution in [-0.4, -0.2) is 4.98 Å². The van der Waals surface area contributed by atoms with Gasteiger partial charge in [-0.3, -0.25) is 0 Å². The number of fused-ring (bicyclic) bond motifs is 2. The van der Waals surface area contributed by atoms with Gasteiger partial charge in [0.25, 0.3) is 0 Å². The Morgan fingerprint density at radius 1 is 0.588 bits per heavy atom. The molecule has 2 heteroatoms. The Morgan fingerprint density at radius 2 is 1.21 bits per heavy atom. The van der Waals surface area contributed by atoms with Gasteiger partial charge in [-0.1, -0.05) is 97.1 Å². The Balaban J connectivity index is 1.66. The van der Waals surface area contributed by atoms with Crippen molar-refractivity contribution < 1.29 is 4.57 Å². The molecule has 0 amide bonds. The van der Waals surface area contributed by atoms with E-state index in [0.717, 1.165) is 28.2 Å². The molecule has 0 aliphatic carbocycles. The molecule has 1 heterocycles. The summed E-state index contributed by atoms with van der Waals surface area (Å²) >= 11 is 0. The Hall–Kier alpha value is -4.30. The second-order valence-electron chi connectivity index (χ2n) is 8.88. The number of hydrogen-bond donors (Lipinski definition) is 0. The van der Waals surface area contributed by atoms with E-state index in [4.69, 9.17) is 4.98 Å². The predicted octanol–water partition coefficient (Wildman–Crippen LogP) is 7.52. The van der Waals surface area contributed by atoms with Crippen molar-refractivity contribution in [2.24, 2.45) is 7.05 Å². The van der Waals surface area contributed by atoms with E-state index in [9.17, 15) is 0 Å². The number of aryl methyl sites for hydroxylation is 2. The van der Waals surface area contributed by atoms with E-state index in [1.807, 2.05) is 6.07 Å². The normalized spacial score (nSPS) is 11.2. The topological polar surface area (TPSA) is 16.8 Å². The van der Waals surface area contributed by atoms with Crippen molar-refractivity contribution in [2.45, 2.75) is 6.92 Å². The Bertz CT molecular complexity index is 1670. The van der Waals surface area contributed by atoms with Crippen molar-refractivity contribution in [3.63, 3.8) is 0 Å². The van der Waals surface area contributed by atoms with E-state index >= 15 is 0 Å². The lowest BCUT2D eigenvalue weighted by Gasteiger charge is -2.13. The molecule has 0 radical (unpaired) electrons. The highest BCUT2D eigenvalue weighted by molar-refractivity contribution is 5.92. The molecule has 1 aromatic heterocycles. The molecule has 6 aromatic rings. The number of benzene rings is 5. The number of rotatable bonds is 3. The lowest BCUT2D eigenvalue weighted by atomic mass is 9.95. The van der Waals surface area contributed by atoms with Crippen LogP contribution in [0.1, 0.15) is 5.56 Å². The van der Waals surface area contributed by atoms with Gasteiger partial charge < -0.3 is 0 Å². The van der Waals surface area contributed by atoms with Crippen molar-refractivity contribution in [1.29, 1.82) is 0 Å². The first-order valence-electron chi connectivity index (χ1n) is 11.6. The summed E-state index contributed by atoms with van der Waals surface area (Å²) in [5.41, 5.74) is 7.76. The Morgan fingerprint density at radius 3 is 1.94 bits per heavy atom.